The summed E-state index contributed by atoms with van der Waals surface area (Å²) in [4.78, 5) is 0. The van der Waals surface area contributed by atoms with E-state index in [-0.39, 0.29) is 0 Å². The smallest absolute Gasteiger partial charge is 0.159 e. The maximum atomic E-state index is 5.31. The van der Waals surface area contributed by atoms with Gasteiger partial charge in [-0.2, -0.15) is 5.10 Å². The fraction of sp³-hybridized carbons (Fsp3) is 0.769. The molecule has 0 aliphatic carbocycles. The van der Waals surface area contributed by atoms with Crippen molar-refractivity contribution in [3.63, 3.8) is 0 Å². The van der Waals surface area contributed by atoms with Gasteiger partial charge in [0, 0.05) is 13.1 Å². The largest absolute Gasteiger partial charge is 0.493 e. The zero-order valence-electron chi connectivity index (χ0n) is 11.5. The van der Waals surface area contributed by atoms with E-state index in [1.54, 1.807) is 13.3 Å². The Labute approximate surface area is 104 Å². The highest BCUT2D eigenvalue weighted by atomic mass is 16.5. The minimum atomic E-state index is 0.592. The van der Waals surface area contributed by atoms with Crippen molar-refractivity contribution in [2.45, 2.75) is 45.6 Å². The molecule has 0 saturated heterocycles. The Kier molecular flexibility index (Phi) is 6.05. The Morgan fingerprint density at radius 2 is 2.24 bits per heavy atom. The second-order valence-corrected chi connectivity index (χ2v) is 4.38. The summed E-state index contributed by atoms with van der Waals surface area (Å²) in [6, 6.07) is 0.592. The number of hydrogen-bond acceptors (Lipinski definition) is 3. The van der Waals surface area contributed by atoms with Crippen molar-refractivity contribution in [1.29, 1.82) is 0 Å². The van der Waals surface area contributed by atoms with Crippen molar-refractivity contribution in [1.82, 2.24) is 15.1 Å². The molecule has 0 radical (unpaired) electrons. The molecule has 0 aliphatic rings. The van der Waals surface area contributed by atoms with Crippen molar-refractivity contribution in [2.24, 2.45) is 7.05 Å². The highest BCUT2D eigenvalue weighted by molar-refractivity contribution is 5.25. The molecule has 1 N–H and O–H groups in total. The Balaban J connectivity index is 2.49. The highest BCUT2D eigenvalue weighted by Crippen LogP contribution is 2.19. The Morgan fingerprint density at radius 1 is 1.47 bits per heavy atom. The summed E-state index contributed by atoms with van der Waals surface area (Å²) in [5.74, 6) is 0.901. The van der Waals surface area contributed by atoms with Crippen molar-refractivity contribution in [3.8, 4) is 5.75 Å². The van der Waals surface area contributed by atoms with Crippen LogP contribution in [0.1, 0.15) is 38.8 Å². The van der Waals surface area contributed by atoms with E-state index < -0.39 is 0 Å². The predicted octanol–water partition coefficient (Wildman–Crippen LogP) is 2.14. The summed E-state index contributed by atoms with van der Waals surface area (Å²) in [5, 5.41) is 7.79. The topological polar surface area (TPSA) is 39.1 Å². The van der Waals surface area contributed by atoms with Gasteiger partial charge in [0.1, 0.15) is 0 Å². The molecular formula is C13H25N3O. The van der Waals surface area contributed by atoms with E-state index in [1.807, 2.05) is 11.7 Å². The van der Waals surface area contributed by atoms with Gasteiger partial charge in [-0.15, -0.1) is 0 Å². The van der Waals surface area contributed by atoms with Crippen LogP contribution in [0.25, 0.3) is 0 Å². The lowest BCUT2D eigenvalue weighted by atomic mass is 10.1. The van der Waals surface area contributed by atoms with Crippen LogP contribution < -0.4 is 10.1 Å². The molecule has 1 aromatic rings. The monoisotopic (exact) mass is 239 g/mol. The summed E-state index contributed by atoms with van der Waals surface area (Å²) in [5.41, 5.74) is 1.18. The van der Waals surface area contributed by atoms with Gasteiger partial charge in [-0.1, -0.05) is 13.8 Å². The van der Waals surface area contributed by atoms with Crippen LogP contribution in [-0.4, -0.2) is 29.5 Å². The number of aryl methyl sites for hydroxylation is 1. The van der Waals surface area contributed by atoms with E-state index in [0.717, 1.165) is 25.1 Å². The maximum Gasteiger partial charge on any atom is 0.159 e. The molecule has 0 aliphatic heterocycles. The lowest BCUT2D eigenvalue weighted by Crippen LogP contribution is -2.29. The minimum Gasteiger partial charge on any atom is -0.493 e. The number of ether oxygens (including phenoxy) is 1. The van der Waals surface area contributed by atoms with Crippen molar-refractivity contribution in [3.05, 3.63) is 11.9 Å². The average molecular weight is 239 g/mol. The van der Waals surface area contributed by atoms with Crippen LogP contribution >= 0.6 is 0 Å². The molecular weight excluding hydrogens is 214 g/mol. The van der Waals surface area contributed by atoms with Crippen molar-refractivity contribution >= 4 is 0 Å². The molecule has 0 saturated carbocycles. The van der Waals surface area contributed by atoms with Crippen LogP contribution in [0.3, 0.4) is 0 Å². The number of nitrogens with one attached hydrogen (secondary N) is 1. The molecule has 0 fully saturated rings. The molecule has 1 aromatic heterocycles. The van der Waals surface area contributed by atoms with Gasteiger partial charge in [0.25, 0.3) is 0 Å². The summed E-state index contributed by atoms with van der Waals surface area (Å²) < 4.78 is 7.22. The lowest BCUT2D eigenvalue weighted by molar-refractivity contribution is 0.402. The number of hydrogen-bond donors (Lipinski definition) is 1. The third-order valence-corrected chi connectivity index (χ3v) is 3.15. The molecule has 1 rings (SSSR count). The van der Waals surface area contributed by atoms with Crippen molar-refractivity contribution in [2.75, 3.05) is 13.7 Å². The maximum absolute atomic E-state index is 5.31. The summed E-state index contributed by atoms with van der Waals surface area (Å²) in [6.07, 6.45) is 6.28. The molecule has 0 aromatic carbocycles. The van der Waals surface area contributed by atoms with E-state index in [2.05, 4.69) is 24.3 Å². The van der Waals surface area contributed by atoms with Gasteiger partial charge in [-0.25, -0.2) is 0 Å². The molecule has 4 nitrogen and oxygen atoms in total. The lowest BCUT2D eigenvalue weighted by Gasteiger charge is -2.16. The zero-order chi connectivity index (χ0) is 12.7. The number of rotatable bonds is 8. The molecule has 98 valence electrons. The van der Waals surface area contributed by atoms with E-state index in [4.69, 9.17) is 4.74 Å². The van der Waals surface area contributed by atoms with Crippen LogP contribution in [0.2, 0.25) is 0 Å². The molecule has 1 atom stereocenters. The average Bonchev–Trinajstić information content (AvgIpc) is 2.70. The van der Waals surface area contributed by atoms with Crippen molar-refractivity contribution < 1.29 is 4.74 Å². The quantitative estimate of drug-likeness (QED) is 0.755. The Hall–Kier alpha value is -1.03. The molecule has 4 heteroatoms. The number of nitrogens with zero attached hydrogens (tertiary/aromatic N) is 2. The highest BCUT2D eigenvalue weighted by Gasteiger charge is 2.11. The van der Waals surface area contributed by atoms with Gasteiger partial charge < -0.3 is 10.1 Å². The number of aromatic nitrogens is 2. The van der Waals surface area contributed by atoms with Gasteiger partial charge in [0.2, 0.25) is 0 Å². The molecule has 17 heavy (non-hydrogen) atoms. The third-order valence-electron chi connectivity index (χ3n) is 3.15. The normalized spacial score (nSPS) is 12.7. The molecule has 1 heterocycles. The van der Waals surface area contributed by atoms with Crippen LogP contribution in [0.4, 0.5) is 0 Å². The molecule has 1 unspecified atom stereocenters. The molecule has 0 bridgehead atoms. The van der Waals surface area contributed by atoms with Gasteiger partial charge in [0.15, 0.2) is 5.75 Å². The fourth-order valence-corrected chi connectivity index (χ4v) is 2.01. The molecule has 0 amide bonds. The first-order chi connectivity index (χ1) is 8.22. The summed E-state index contributed by atoms with van der Waals surface area (Å²) >= 11 is 0. The van der Waals surface area contributed by atoms with Crippen LogP contribution in [-0.2, 0) is 13.5 Å². The Morgan fingerprint density at radius 3 is 2.82 bits per heavy atom. The third kappa shape index (κ3) is 4.04. The second kappa shape index (κ2) is 7.33. The first-order valence-electron chi connectivity index (χ1n) is 6.51. The fourth-order valence-electron chi connectivity index (χ4n) is 2.01. The van der Waals surface area contributed by atoms with E-state index >= 15 is 0 Å². The zero-order valence-corrected chi connectivity index (χ0v) is 11.5. The van der Waals surface area contributed by atoms with Gasteiger partial charge >= 0.3 is 0 Å². The Bertz CT molecular complexity index is 322. The first kappa shape index (κ1) is 14.0. The number of methoxy groups -OCH3 is 1. The minimum absolute atomic E-state index is 0.592. The molecule has 0 spiro atoms. The van der Waals surface area contributed by atoms with Crippen LogP contribution in [0, 0.1) is 0 Å². The van der Waals surface area contributed by atoms with Crippen LogP contribution in [0.5, 0.6) is 5.75 Å². The SMILES string of the molecule is CCCNC(CC)CCc1c(OC)cnn1C. The summed E-state index contributed by atoms with van der Waals surface area (Å²) in [6.45, 7) is 5.53. The van der Waals surface area contributed by atoms with Gasteiger partial charge in [-0.05, 0) is 32.2 Å². The van der Waals surface area contributed by atoms with E-state index in [0.29, 0.717) is 6.04 Å². The van der Waals surface area contributed by atoms with Gasteiger partial charge in [0.05, 0.1) is 19.0 Å². The van der Waals surface area contributed by atoms with Crippen LogP contribution in [0.15, 0.2) is 6.20 Å². The standard InChI is InChI=1S/C13H25N3O/c1-5-9-14-11(6-2)7-8-12-13(17-4)10-15-16(12)3/h10-11,14H,5-9H2,1-4H3. The predicted molar refractivity (Wildman–Crippen MR) is 70.5 cm³/mol. The second-order valence-electron chi connectivity index (χ2n) is 4.38. The van der Waals surface area contributed by atoms with E-state index in [9.17, 15) is 0 Å². The first-order valence-corrected chi connectivity index (χ1v) is 6.51. The van der Waals surface area contributed by atoms with E-state index in [1.165, 1.54) is 18.5 Å². The van der Waals surface area contributed by atoms with Gasteiger partial charge in [-0.3, -0.25) is 4.68 Å². The summed E-state index contributed by atoms with van der Waals surface area (Å²) in [7, 11) is 3.67.